The molecule has 0 unspecified atom stereocenters. The molecule has 4 heteroatoms. The summed E-state index contributed by atoms with van der Waals surface area (Å²) in [6.45, 7) is 7.55. The van der Waals surface area contributed by atoms with E-state index in [2.05, 4.69) is 15.9 Å². The molecule has 84 valence electrons. The minimum Gasteiger partial charge on any atom is -0.314 e. The van der Waals surface area contributed by atoms with Crippen molar-refractivity contribution in [3.8, 4) is 6.07 Å². The minimum atomic E-state index is 0.399. The van der Waals surface area contributed by atoms with Gasteiger partial charge in [-0.25, -0.2) is 4.85 Å². The lowest BCUT2D eigenvalue weighted by Gasteiger charge is -2.04. The Kier molecular flexibility index (Phi) is 2.22. The Bertz CT molecular complexity index is 724. The van der Waals surface area contributed by atoms with Crippen molar-refractivity contribution in [2.24, 2.45) is 4.99 Å². The molecule has 0 amide bonds. The van der Waals surface area contributed by atoms with Gasteiger partial charge in [0.25, 0.3) is 0 Å². The van der Waals surface area contributed by atoms with Crippen LogP contribution in [0.5, 0.6) is 0 Å². The summed E-state index contributed by atoms with van der Waals surface area (Å²) in [6, 6.07) is 11.9. The highest BCUT2D eigenvalue weighted by Crippen LogP contribution is 2.29. The molecule has 1 aromatic heterocycles. The molecule has 1 aliphatic rings. The van der Waals surface area contributed by atoms with Crippen LogP contribution in [-0.2, 0) is 6.54 Å². The number of aromatic nitrogens is 1. The van der Waals surface area contributed by atoms with Crippen LogP contribution in [0.15, 0.2) is 41.5 Å². The van der Waals surface area contributed by atoms with Crippen molar-refractivity contribution in [3.05, 3.63) is 64.8 Å². The van der Waals surface area contributed by atoms with Crippen LogP contribution in [0.3, 0.4) is 0 Å². The molecule has 0 aliphatic carbocycles. The van der Waals surface area contributed by atoms with E-state index in [-0.39, 0.29) is 0 Å². The fourth-order valence-electron chi connectivity index (χ4n) is 2.13. The molecule has 3 rings (SSSR count). The van der Waals surface area contributed by atoms with Gasteiger partial charge in [0.2, 0.25) is 5.69 Å². The van der Waals surface area contributed by atoms with Crippen LogP contribution in [0.1, 0.15) is 16.8 Å². The molecule has 1 aromatic carbocycles. The largest absolute Gasteiger partial charge is 0.314 e. The van der Waals surface area contributed by atoms with Crippen molar-refractivity contribution in [1.29, 1.82) is 5.26 Å². The van der Waals surface area contributed by atoms with Crippen LogP contribution < -0.4 is 0 Å². The zero-order chi connectivity index (χ0) is 12.5. The number of aliphatic imine (C=N–C) groups is 1. The molecule has 0 fully saturated rings. The maximum absolute atomic E-state index is 9.10. The third-order valence-corrected chi connectivity index (χ3v) is 2.96. The van der Waals surface area contributed by atoms with Crippen molar-refractivity contribution in [2.75, 3.05) is 0 Å². The van der Waals surface area contributed by atoms with Gasteiger partial charge in [-0.05, 0) is 0 Å². The summed E-state index contributed by atoms with van der Waals surface area (Å²) in [5.74, 6) is 0.803. The van der Waals surface area contributed by atoms with E-state index in [4.69, 9.17) is 11.8 Å². The molecule has 0 bridgehead atoms. The Balaban J connectivity index is 2.16. The van der Waals surface area contributed by atoms with E-state index in [0.717, 1.165) is 17.1 Å². The van der Waals surface area contributed by atoms with E-state index < -0.39 is 0 Å². The predicted molar refractivity (Wildman–Crippen MR) is 67.5 cm³/mol. The molecule has 0 atom stereocenters. The number of rotatable bonds is 1. The van der Waals surface area contributed by atoms with Crippen LogP contribution in [0.2, 0.25) is 0 Å². The molecule has 1 aliphatic heterocycles. The van der Waals surface area contributed by atoms with Gasteiger partial charge < -0.3 is 4.57 Å². The molecule has 2 heterocycles. The number of hydrogen-bond donors (Lipinski definition) is 0. The summed E-state index contributed by atoms with van der Waals surface area (Å²) in [5, 5.41) is 9.10. The Morgan fingerprint density at radius 1 is 1.33 bits per heavy atom. The molecule has 0 saturated carbocycles. The average Bonchev–Trinajstić information content (AvgIpc) is 2.97. The Labute approximate surface area is 104 Å². The lowest BCUT2D eigenvalue weighted by atomic mass is 10.2. The van der Waals surface area contributed by atoms with Crippen LogP contribution in [0.25, 0.3) is 4.85 Å². The summed E-state index contributed by atoms with van der Waals surface area (Å²) in [5.41, 5.74) is 2.64. The van der Waals surface area contributed by atoms with Crippen LogP contribution >= 0.6 is 0 Å². The van der Waals surface area contributed by atoms with Gasteiger partial charge in [0, 0.05) is 11.8 Å². The third kappa shape index (κ3) is 1.33. The van der Waals surface area contributed by atoms with Crippen molar-refractivity contribution in [1.82, 2.24) is 4.57 Å². The van der Waals surface area contributed by atoms with E-state index in [1.54, 1.807) is 6.20 Å². The van der Waals surface area contributed by atoms with Crippen LogP contribution in [0, 0.1) is 17.9 Å². The van der Waals surface area contributed by atoms with E-state index >= 15 is 0 Å². The molecular formula is C14H8N4. The zero-order valence-electron chi connectivity index (χ0n) is 9.46. The van der Waals surface area contributed by atoms with E-state index in [1.807, 2.05) is 34.9 Å². The molecule has 2 aromatic rings. The second kappa shape index (κ2) is 3.87. The lowest BCUT2D eigenvalue weighted by Crippen LogP contribution is -2.09. The molecule has 0 saturated heterocycles. The number of nitriles is 1. The average molecular weight is 232 g/mol. The van der Waals surface area contributed by atoms with Gasteiger partial charge in [0.1, 0.15) is 5.84 Å². The van der Waals surface area contributed by atoms with E-state index in [0.29, 0.717) is 17.8 Å². The van der Waals surface area contributed by atoms with Gasteiger partial charge in [-0.15, -0.1) is 0 Å². The predicted octanol–water partition coefficient (Wildman–Crippen LogP) is 2.72. The van der Waals surface area contributed by atoms with Gasteiger partial charge in [-0.3, -0.25) is 4.99 Å². The number of benzene rings is 1. The highest BCUT2D eigenvalue weighted by molar-refractivity contribution is 6.03. The quantitative estimate of drug-likeness (QED) is 0.697. The zero-order valence-corrected chi connectivity index (χ0v) is 9.46. The molecular weight excluding hydrogens is 224 g/mol. The van der Waals surface area contributed by atoms with Crippen molar-refractivity contribution in [3.63, 3.8) is 0 Å². The second-order valence-corrected chi connectivity index (χ2v) is 3.94. The third-order valence-electron chi connectivity index (χ3n) is 2.96. The Morgan fingerprint density at radius 2 is 2.11 bits per heavy atom. The molecule has 0 spiro atoms. The standard InChI is InChI=1S/C14H8N4/c1-16-12-9-18-13(11(12)7-15)8-17-14(18)10-5-3-2-4-6-10/h2-6,9H,8H2. The fraction of sp³-hybridized carbons (Fsp3) is 0.0714. The van der Waals surface area contributed by atoms with Crippen LogP contribution in [-0.4, -0.2) is 10.4 Å². The second-order valence-electron chi connectivity index (χ2n) is 3.94. The van der Waals surface area contributed by atoms with Crippen molar-refractivity contribution < 1.29 is 0 Å². The molecule has 0 radical (unpaired) electrons. The van der Waals surface area contributed by atoms with Crippen molar-refractivity contribution >= 4 is 11.5 Å². The minimum absolute atomic E-state index is 0.399. The number of hydrogen-bond acceptors (Lipinski definition) is 2. The van der Waals surface area contributed by atoms with E-state index in [1.165, 1.54) is 0 Å². The highest BCUT2D eigenvalue weighted by Gasteiger charge is 2.23. The summed E-state index contributed by atoms with van der Waals surface area (Å²) >= 11 is 0. The fourth-order valence-corrected chi connectivity index (χ4v) is 2.13. The molecule has 4 nitrogen and oxygen atoms in total. The highest BCUT2D eigenvalue weighted by atomic mass is 15.1. The summed E-state index contributed by atoms with van der Waals surface area (Å²) in [7, 11) is 0. The smallest absolute Gasteiger partial charge is 0.222 e. The maximum atomic E-state index is 9.10. The first-order valence-corrected chi connectivity index (χ1v) is 5.47. The SMILES string of the molecule is [C-]#[N+]c1cn2c(c1C#N)CN=C2c1ccccc1. The van der Waals surface area contributed by atoms with Crippen molar-refractivity contribution in [2.45, 2.75) is 6.54 Å². The first kappa shape index (κ1) is 10.3. The maximum Gasteiger partial charge on any atom is 0.222 e. The summed E-state index contributed by atoms with van der Waals surface area (Å²) in [6.07, 6.45) is 1.69. The topological polar surface area (TPSA) is 45.4 Å². The number of nitrogens with zero attached hydrogens (tertiary/aromatic N) is 4. The van der Waals surface area contributed by atoms with Gasteiger partial charge in [-0.1, -0.05) is 30.3 Å². The van der Waals surface area contributed by atoms with Gasteiger partial charge in [0.15, 0.2) is 0 Å². The Hall–Kier alpha value is -2.85. The normalized spacial score (nSPS) is 12.4. The van der Waals surface area contributed by atoms with E-state index in [9.17, 15) is 0 Å². The first-order valence-electron chi connectivity index (χ1n) is 5.47. The van der Waals surface area contributed by atoms with Gasteiger partial charge >= 0.3 is 0 Å². The first-order chi connectivity index (χ1) is 8.85. The lowest BCUT2D eigenvalue weighted by molar-refractivity contribution is 1.03. The van der Waals surface area contributed by atoms with Gasteiger partial charge in [0.05, 0.1) is 30.4 Å². The Morgan fingerprint density at radius 3 is 2.78 bits per heavy atom. The molecule has 18 heavy (non-hydrogen) atoms. The number of fused-ring (bicyclic) bond motifs is 1. The van der Waals surface area contributed by atoms with Crippen LogP contribution in [0.4, 0.5) is 5.69 Å². The molecule has 0 N–H and O–H groups in total. The monoisotopic (exact) mass is 232 g/mol. The summed E-state index contributed by atoms with van der Waals surface area (Å²) in [4.78, 5) is 7.83. The van der Waals surface area contributed by atoms with Gasteiger partial charge in [-0.2, -0.15) is 5.26 Å². The summed E-state index contributed by atoms with van der Waals surface area (Å²) < 4.78 is 1.85.